The van der Waals surface area contributed by atoms with Gasteiger partial charge in [0, 0.05) is 23.1 Å². The summed E-state index contributed by atoms with van der Waals surface area (Å²) >= 11 is 1.52. The van der Waals surface area contributed by atoms with Gasteiger partial charge >= 0.3 is 5.97 Å². The van der Waals surface area contributed by atoms with Crippen LogP contribution in [-0.2, 0) is 21.4 Å². The van der Waals surface area contributed by atoms with Crippen molar-refractivity contribution in [2.45, 2.75) is 77.7 Å². The number of amides is 1. The Morgan fingerprint density at radius 2 is 1.41 bits per heavy atom. The molecular formula is C36H43N3O4S. The molecular weight excluding hydrogens is 570 g/mol. The fourth-order valence-corrected chi connectivity index (χ4v) is 5.62. The van der Waals surface area contributed by atoms with Crippen LogP contribution in [-0.4, -0.2) is 41.8 Å². The van der Waals surface area contributed by atoms with Gasteiger partial charge in [-0.2, -0.15) is 0 Å². The smallest absolute Gasteiger partial charge is 0.328 e. The summed E-state index contributed by atoms with van der Waals surface area (Å²) in [7, 11) is 1.33. The molecule has 232 valence electrons. The predicted octanol–water partition coefficient (Wildman–Crippen LogP) is 8.03. The molecule has 0 aliphatic rings. The van der Waals surface area contributed by atoms with Gasteiger partial charge in [-0.25, -0.2) is 4.79 Å². The molecule has 0 unspecified atom stereocenters. The number of ether oxygens (including phenoxy) is 2. The van der Waals surface area contributed by atoms with Gasteiger partial charge < -0.3 is 14.8 Å². The zero-order valence-electron chi connectivity index (χ0n) is 26.4. The SMILES string of the molecule is CCCCCCCOc1ccc(-c2nnc(-c3ccc(C[C@H](NC(=O)c4ccc(C(C)(C)C)cc4)C(=O)OC)cc3)s2)cc1. The molecule has 1 N–H and O–H groups in total. The molecule has 4 rings (SSSR count). The maximum absolute atomic E-state index is 13.0. The van der Waals surface area contributed by atoms with Crippen molar-refractivity contribution >= 4 is 23.2 Å². The number of carbonyl (C=O) groups excluding carboxylic acids is 2. The fourth-order valence-electron chi connectivity index (χ4n) is 4.76. The second-order valence-corrected chi connectivity index (χ2v) is 13.0. The molecule has 4 aromatic rings. The number of carbonyl (C=O) groups is 2. The van der Waals surface area contributed by atoms with Gasteiger partial charge in [-0.05, 0) is 59.4 Å². The topological polar surface area (TPSA) is 90.4 Å². The molecule has 3 aromatic carbocycles. The van der Waals surface area contributed by atoms with E-state index in [2.05, 4.69) is 43.2 Å². The number of esters is 1. The monoisotopic (exact) mass is 613 g/mol. The number of hydrogen-bond acceptors (Lipinski definition) is 7. The summed E-state index contributed by atoms with van der Waals surface area (Å²) < 4.78 is 10.9. The maximum atomic E-state index is 13.0. The van der Waals surface area contributed by atoms with E-state index in [4.69, 9.17) is 9.47 Å². The first kappa shape index (κ1) is 32.9. The highest BCUT2D eigenvalue weighted by molar-refractivity contribution is 7.17. The molecule has 7 nitrogen and oxygen atoms in total. The molecule has 0 bridgehead atoms. The Morgan fingerprint density at radius 3 is 1.98 bits per heavy atom. The number of aromatic nitrogens is 2. The summed E-state index contributed by atoms with van der Waals surface area (Å²) in [5, 5.41) is 13.3. The van der Waals surface area contributed by atoms with Crippen molar-refractivity contribution in [3.63, 3.8) is 0 Å². The van der Waals surface area contributed by atoms with Crippen LogP contribution >= 0.6 is 11.3 Å². The Morgan fingerprint density at radius 1 is 0.818 bits per heavy atom. The van der Waals surface area contributed by atoms with Crippen LogP contribution < -0.4 is 10.1 Å². The highest BCUT2D eigenvalue weighted by Gasteiger charge is 2.23. The Bertz CT molecular complexity index is 1490. The number of rotatable bonds is 14. The van der Waals surface area contributed by atoms with Crippen molar-refractivity contribution in [1.82, 2.24) is 15.5 Å². The average molecular weight is 614 g/mol. The third-order valence-electron chi connectivity index (χ3n) is 7.49. The number of benzene rings is 3. The highest BCUT2D eigenvalue weighted by Crippen LogP contribution is 2.31. The van der Waals surface area contributed by atoms with E-state index in [1.165, 1.54) is 44.1 Å². The lowest BCUT2D eigenvalue weighted by Crippen LogP contribution is -2.43. The number of methoxy groups -OCH3 is 1. The van der Waals surface area contributed by atoms with Crippen molar-refractivity contribution in [3.8, 4) is 26.9 Å². The minimum atomic E-state index is -0.818. The van der Waals surface area contributed by atoms with E-state index in [1.807, 2.05) is 60.7 Å². The van der Waals surface area contributed by atoms with Crippen LogP contribution in [0, 0.1) is 0 Å². The molecule has 1 amide bonds. The van der Waals surface area contributed by atoms with Gasteiger partial charge in [0.15, 0.2) is 0 Å². The van der Waals surface area contributed by atoms with Gasteiger partial charge in [0.2, 0.25) is 0 Å². The first-order chi connectivity index (χ1) is 21.2. The standard InChI is InChI=1S/C36H43N3O4S/c1-6-7-8-9-10-23-43-30-21-17-28(18-22-30)34-39-38-33(44-34)27-13-11-25(12-14-27)24-31(35(41)42-5)37-32(40)26-15-19-29(20-16-26)36(2,3)4/h11-22,31H,6-10,23-24H2,1-5H3,(H,37,40)/t31-/m0/s1. The van der Waals surface area contributed by atoms with Gasteiger partial charge in [-0.1, -0.05) is 101 Å². The van der Waals surface area contributed by atoms with E-state index < -0.39 is 12.0 Å². The van der Waals surface area contributed by atoms with Gasteiger partial charge in [-0.3, -0.25) is 4.79 Å². The quantitative estimate of drug-likeness (QED) is 0.114. The van der Waals surface area contributed by atoms with E-state index in [0.717, 1.165) is 51.0 Å². The third kappa shape index (κ3) is 9.23. The van der Waals surface area contributed by atoms with Crippen molar-refractivity contribution < 1.29 is 19.1 Å². The van der Waals surface area contributed by atoms with Crippen molar-refractivity contribution in [2.24, 2.45) is 0 Å². The summed E-state index contributed by atoms with van der Waals surface area (Å²) in [5.74, 6) is 0.0521. The van der Waals surface area contributed by atoms with E-state index in [9.17, 15) is 9.59 Å². The second-order valence-electron chi connectivity index (χ2n) is 12.0. The predicted molar refractivity (Wildman–Crippen MR) is 177 cm³/mol. The first-order valence-electron chi connectivity index (χ1n) is 15.3. The lowest BCUT2D eigenvalue weighted by Gasteiger charge is -2.20. The van der Waals surface area contributed by atoms with Crippen LogP contribution in [0.5, 0.6) is 5.75 Å². The van der Waals surface area contributed by atoms with E-state index in [0.29, 0.717) is 12.0 Å². The Balaban J connectivity index is 1.35. The molecule has 44 heavy (non-hydrogen) atoms. The molecule has 0 aliphatic carbocycles. The van der Waals surface area contributed by atoms with Gasteiger partial charge in [0.1, 0.15) is 21.8 Å². The van der Waals surface area contributed by atoms with Crippen molar-refractivity contribution in [2.75, 3.05) is 13.7 Å². The number of hydrogen-bond donors (Lipinski definition) is 1. The van der Waals surface area contributed by atoms with Gasteiger partial charge in [0.05, 0.1) is 13.7 Å². The molecule has 1 aromatic heterocycles. The molecule has 0 saturated carbocycles. The first-order valence-corrected chi connectivity index (χ1v) is 16.1. The van der Waals surface area contributed by atoms with E-state index in [-0.39, 0.29) is 11.3 Å². The Kier molecular flexibility index (Phi) is 11.7. The molecule has 0 radical (unpaired) electrons. The normalized spacial score (nSPS) is 12.0. The van der Waals surface area contributed by atoms with Gasteiger partial charge in [-0.15, -0.1) is 10.2 Å². The Labute approximate surface area is 265 Å². The van der Waals surface area contributed by atoms with Gasteiger partial charge in [0.25, 0.3) is 5.91 Å². The van der Waals surface area contributed by atoms with E-state index >= 15 is 0 Å². The molecule has 0 fully saturated rings. The van der Waals surface area contributed by atoms with Crippen LogP contribution in [0.4, 0.5) is 0 Å². The number of nitrogens with zero attached hydrogens (tertiary/aromatic N) is 2. The lowest BCUT2D eigenvalue weighted by atomic mass is 9.86. The fraction of sp³-hybridized carbons (Fsp3) is 0.389. The highest BCUT2D eigenvalue weighted by atomic mass is 32.1. The number of unbranched alkanes of at least 4 members (excludes halogenated alkanes) is 4. The molecule has 0 saturated heterocycles. The largest absolute Gasteiger partial charge is 0.494 e. The minimum Gasteiger partial charge on any atom is -0.494 e. The molecule has 1 atom stereocenters. The third-order valence-corrected chi connectivity index (χ3v) is 8.51. The Hall–Kier alpha value is -4.04. The van der Waals surface area contributed by atoms with Crippen molar-refractivity contribution in [1.29, 1.82) is 0 Å². The minimum absolute atomic E-state index is 0.0142. The van der Waals surface area contributed by atoms with Crippen LogP contribution in [0.25, 0.3) is 21.1 Å². The lowest BCUT2D eigenvalue weighted by molar-refractivity contribution is -0.142. The molecule has 0 aliphatic heterocycles. The molecule has 1 heterocycles. The summed E-state index contributed by atoms with van der Waals surface area (Å²) in [5.41, 5.74) is 4.42. The molecule has 8 heteroatoms. The second kappa shape index (κ2) is 15.6. The van der Waals surface area contributed by atoms with Crippen LogP contribution in [0.1, 0.15) is 81.3 Å². The zero-order chi connectivity index (χ0) is 31.5. The average Bonchev–Trinajstić information content (AvgIpc) is 3.53. The summed E-state index contributed by atoms with van der Waals surface area (Å²) in [6, 6.07) is 22.4. The number of nitrogens with one attached hydrogen (secondary N) is 1. The van der Waals surface area contributed by atoms with Crippen LogP contribution in [0.2, 0.25) is 0 Å². The summed E-state index contributed by atoms with van der Waals surface area (Å²) in [6.07, 6.45) is 6.37. The van der Waals surface area contributed by atoms with E-state index in [1.54, 1.807) is 12.1 Å². The summed E-state index contributed by atoms with van der Waals surface area (Å²) in [4.78, 5) is 25.5. The maximum Gasteiger partial charge on any atom is 0.328 e. The molecule has 0 spiro atoms. The summed E-state index contributed by atoms with van der Waals surface area (Å²) in [6.45, 7) is 9.32. The van der Waals surface area contributed by atoms with Crippen LogP contribution in [0.3, 0.4) is 0 Å². The van der Waals surface area contributed by atoms with Crippen LogP contribution in [0.15, 0.2) is 72.8 Å². The zero-order valence-corrected chi connectivity index (χ0v) is 27.2. The van der Waals surface area contributed by atoms with Crippen molar-refractivity contribution in [3.05, 3.63) is 89.5 Å².